The average Bonchev–Trinajstić information content (AvgIpc) is 2.78. The summed E-state index contributed by atoms with van der Waals surface area (Å²) in [6.07, 6.45) is 3.02. The molecule has 1 aliphatic heterocycles. The second kappa shape index (κ2) is 7.13. The summed E-state index contributed by atoms with van der Waals surface area (Å²) in [6, 6.07) is 19.3. The van der Waals surface area contributed by atoms with E-state index in [1.807, 2.05) is 36.4 Å². The van der Waals surface area contributed by atoms with Crippen molar-refractivity contribution in [2.45, 2.75) is 6.61 Å². The van der Waals surface area contributed by atoms with E-state index >= 15 is 0 Å². The number of nitrogens with one attached hydrogen (secondary N) is 1. The van der Waals surface area contributed by atoms with Crippen molar-refractivity contribution in [3.05, 3.63) is 94.8 Å². The Kier molecular flexibility index (Phi) is 4.65. The number of para-hydroxylation sites is 1. The van der Waals surface area contributed by atoms with Gasteiger partial charge in [0.05, 0.1) is 6.26 Å². The van der Waals surface area contributed by atoms with Crippen LogP contribution in [0.4, 0.5) is 10.1 Å². The summed E-state index contributed by atoms with van der Waals surface area (Å²) < 4.78 is 45.5. The van der Waals surface area contributed by atoms with Gasteiger partial charge in [0.25, 0.3) is 0 Å². The summed E-state index contributed by atoms with van der Waals surface area (Å²) in [7, 11) is -3.38. The summed E-state index contributed by atoms with van der Waals surface area (Å²) >= 11 is 0. The number of hydrogen-bond donors (Lipinski definition) is 1. The van der Waals surface area contributed by atoms with Crippen molar-refractivity contribution in [1.29, 1.82) is 0 Å². The first-order chi connectivity index (χ1) is 13.4. The molecule has 1 heterocycles. The standard InChI is InChI=1S/C22H18FNO3S/c1-28(25,26)24-18-6-4-5-15(11-18)12-21-19-7-2-3-8-22(19)27-14-16-9-10-17(23)13-20(16)21/h2-13,24H,14H2,1H3/b21-12-. The zero-order chi connectivity index (χ0) is 19.7. The smallest absolute Gasteiger partial charge is 0.229 e. The number of benzene rings is 3. The molecule has 28 heavy (non-hydrogen) atoms. The zero-order valence-electron chi connectivity index (χ0n) is 15.1. The molecule has 0 aliphatic carbocycles. The van der Waals surface area contributed by atoms with E-state index in [9.17, 15) is 12.8 Å². The van der Waals surface area contributed by atoms with Crippen LogP contribution in [0.1, 0.15) is 22.3 Å². The molecular weight excluding hydrogens is 377 g/mol. The molecule has 1 aliphatic rings. The maximum atomic E-state index is 14.0. The molecule has 0 spiro atoms. The summed E-state index contributed by atoms with van der Waals surface area (Å²) in [6.45, 7) is 0.347. The highest BCUT2D eigenvalue weighted by Gasteiger charge is 2.19. The fourth-order valence-electron chi connectivity index (χ4n) is 3.27. The van der Waals surface area contributed by atoms with Gasteiger partial charge in [0.1, 0.15) is 18.2 Å². The molecular formula is C22H18FNO3S. The van der Waals surface area contributed by atoms with Gasteiger partial charge in [0.2, 0.25) is 10.0 Å². The van der Waals surface area contributed by atoms with Crippen molar-refractivity contribution in [3.63, 3.8) is 0 Å². The quantitative estimate of drug-likeness (QED) is 0.701. The van der Waals surface area contributed by atoms with Gasteiger partial charge in [0.15, 0.2) is 0 Å². The zero-order valence-corrected chi connectivity index (χ0v) is 16.0. The molecule has 0 bridgehead atoms. The maximum absolute atomic E-state index is 14.0. The highest BCUT2D eigenvalue weighted by molar-refractivity contribution is 7.92. The number of anilines is 1. The van der Waals surface area contributed by atoms with E-state index in [0.717, 1.165) is 39.8 Å². The lowest BCUT2D eigenvalue weighted by Gasteiger charge is -2.11. The molecule has 142 valence electrons. The summed E-state index contributed by atoms with van der Waals surface area (Å²) in [5.74, 6) is 0.396. The topological polar surface area (TPSA) is 55.4 Å². The molecule has 0 amide bonds. The van der Waals surface area contributed by atoms with E-state index in [1.54, 1.807) is 24.3 Å². The molecule has 3 aromatic rings. The number of sulfonamides is 1. The number of hydrogen-bond acceptors (Lipinski definition) is 3. The van der Waals surface area contributed by atoms with Crippen molar-refractivity contribution in [2.24, 2.45) is 0 Å². The molecule has 4 rings (SSSR count). The molecule has 0 fully saturated rings. The van der Waals surface area contributed by atoms with Crippen LogP contribution in [0.3, 0.4) is 0 Å². The maximum Gasteiger partial charge on any atom is 0.229 e. The fourth-order valence-corrected chi connectivity index (χ4v) is 3.82. The van der Waals surface area contributed by atoms with Gasteiger partial charge in [-0.05, 0) is 58.7 Å². The van der Waals surface area contributed by atoms with Gasteiger partial charge in [-0.1, -0.05) is 36.4 Å². The first-order valence-electron chi connectivity index (χ1n) is 8.70. The summed E-state index contributed by atoms with van der Waals surface area (Å²) in [5, 5.41) is 0. The third-order valence-corrected chi connectivity index (χ3v) is 5.03. The minimum Gasteiger partial charge on any atom is -0.488 e. The number of rotatable bonds is 3. The minimum absolute atomic E-state index is 0.323. The molecule has 0 saturated heterocycles. The van der Waals surface area contributed by atoms with Gasteiger partial charge >= 0.3 is 0 Å². The second-order valence-electron chi connectivity index (χ2n) is 6.64. The van der Waals surface area contributed by atoms with Gasteiger partial charge in [0, 0.05) is 11.3 Å². The highest BCUT2D eigenvalue weighted by Crippen LogP contribution is 2.38. The first kappa shape index (κ1) is 18.3. The predicted octanol–water partition coefficient (Wildman–Crippen LogP) is 4.68. The lowest BCUT2D eigenvalue weighted by Crippen LogP contribution is -2.09. The Hall–Kier alpha value is -3.12. The monoisotopic (exact) mass is 395 g/mol. The number of halogens is 1. The van der Waals surface area contributed by atoms with Crippen LogP contribution in [0.15, 0.2) is 66.7 Å². The first-order valence-corrected chi connectivity index (χ1v) is 10.6. The Bertz CT molecular complexity index is 1190. The van der Waals surface area contributed by atoms with E-state index in [4.69, 9.17) is 4.74 Å². The Balaban J connectivity index is 1.89. The van der Waals surface area contributed by atoms with Crippen LogP contribution < -0.4 is 9.46 Å². The van der Waals surface area contributed by atoms with Crippen molar-refractivity contribution >= 4 is 27.4 Å². The third-order valence-electron chi connectivity index (χ3n) is 4.42. The fraction of sp³-hybridized carbons (Fsp3) is 0.0909. The van der Waals surface area contributed by atoms with E-state index in [-0.39, 0.29) is 5.82 Å². The SMILES string of the molecule is CS(=O)(=O)Nc1cccc(/C=C2\c3cc(F)ccc3COc3ccccc32)c1. The Labute approximate surface area is 163 Å². The molecule has 4 nitrogen and oxygen atoms in total. The second-order valence-corrected chi connectivity index (χ2v) is 8.39. The van der Waals surface area contributed by atoms with Gasteiger partial charge in [-0.25, -0.2) is 12.8 Å². The third kappa shape index (κ3) is 3.92. The Morgan fingerprint density at radius 1 is 1.00 bits per heavy atom. The van der Waals surface area contributed by atoms with Crippen molar-refractivity contribution in [2.75, 3.05) is 11.0 Å². The van der Waals surface area contributed by atoms with Crippen LogP contribution in [-0.4, -0.2) is 14.7 Å². The molecule has 0 radical (unpaired) electrons. The lowest BCUT2D eigenvalue weighted by atomic mass is 9.92. The minimum atomic E-state index is -3.38. The van der Waals surface area contributed by atoms with E-state index < -0.39 is 10.0 Å². The predicted molar refractivity (Wildman–Crippen MR) is 109 cm³/mol. The van der Waals surface area contributed by atoms with Crippen LogP contribution in [0, 0.1) is 5.82 Å². The lowest BCUT2D eigenvalue weighted by molar-refractivity contribution is 0.307. The molecule has 0 unspecified atom stereocenters. The van der Waals surface area contributed by atoms with Crippen molar-refractivity contribution < 1.29 is 17.5 Å². The van der Waals surface area contributed by atoms with E-state index in [0.29, 0.717) is 12.3 Å². The van der Waals surface area contributed by atoms with Crippen LogP contribution in [0.5, 0.6) is 5.75 Å². The van der Waals surface area contributed by atoms with Crippen LogP contribution in [-0.2, 0) is 16.6 Å². The number of ether oxygens (including phenoxy) is 1. The van der Waals surface area contributed by atoms with Gasteiger partial charge in [-0.2, -0.15) is 0 Å². The van der Waals surface area contributed by atoms with Crippen LogP contribution in [0.25, 0.3) is 11.6 Å². The molecule has 0 atom stereocenters. The van der Waals surface area contributed by atoms with Gasteiger partial charge in [-0.3, -0.25) is 4.72 Å². The average molecular weight is 395 g/mol. The van der Waals surface area contributed by atoms with Crippen molar-refractivity contribution in [3.8, 4) is 5.75 Å². The highest BCUT2D eigenvalue weighted by atomic mass is 32.2. The molecule has 1 N–H and O–H groups in total. The largest absolute Gasteiger partial charge is 0.488 e. The van der Waals surface area contributed by atoms with E-state index in [2.05, 4.69) is 4.72 Å². The molecule has 0 saturated carbocycles. The van der Waals surface area contributed by atoms with Gasteiger partial charge in [-0.15, -0.1) is 0 Å². The molecule has 3 aromatic carbocycles. The van der Waals surface area contributed by atoms with Crippen LogP contribution in [0.2, 0.25) is 0 Å². The molecule has 0 aromatic heterocycles. The van der Waals surface area contributed by atoms with Crippen LogP contribution >= 0.6 is 0 Å². The van der Waals surface area contributed by atoms with Crippen molar-refractivity contribution in [1.82, 2.24) is 0 Å². The Morgan fingerprint density at radius 3 is 2.64 bits per heavy atom. The van der Waals surface area contributed by atoms with E-state index in [1.165, 1.54) is 12.1 Å². The summed E-state index contributed by atoms with van der Waals surface area (Å²) in [5.41, 5.74) is 4.57. The Morgan fingerprint density at radius 2 is 1.82 bits per heavy atom. The number of fused-ring (bicyclic) bond motifs is 2. The molecule has 6 heteroatoms. The summed E-state index contributed by atoms with van der Waals surface area (Å²) in [4.78, 5) is 0. The normalized spacial score (nSPS) is 14.6. The van der Waals surface area contributed by atoms with Gasteiger partial charge < -0.3 is 4.74 Å².